The molecule has 1 aromatic heterocycles. The van der Waals surface area contributed by atoms with Gasteiger partial charge in [-0.25, -0.2) is 0 Å². The maximum absolute atomic E-state index is 12.6. The average Bonchev–Trinajstić information content (AvgIpc) is 2.98. The molecule has 0 saturated heterocycles. The molecule has 0 bridgehead atoms. The Morgan fingerprint density at radius 1 is 1.32 bits per heavy atom. The Morgan fingerprint density at radius 3 is 2.84 bits per heavy atom. The Bertz CT molecular complexity index is 463. The molecule has 1 aromatic rings. The fourth-order valence-corrected chi connectivity index (χ4v) is 5.44. The second-order valence-corrected chi connectivity index (χ2v) is 8.01. The Morgan fingerprint density at radius 2 is 2.11 bits per heavy atom. The molecule has 1 fully saturated rings. The molecule has 0 spiro atoms. The Labute approximate surface area is 127 Å². The third-order valence-electron chi connectivity index (χ3n) is 4.42. The molecule has 0 aliphatic heterocycles. The predicted molar refractivity (Wildman–Crippen MR) is 83.4 cm³/mol. The van der Waals surface area contributed by atoms with Gasteiger partial charge in [0.15, 0.2) is 0 Å². The molecule has 0 N–H and O–H groups in total. The molecular weight excluding hydrogens is 322 g/mol. The largest absolute Gasteiger partial charge is 0.337 e. The van der Waals surface area contributed by atoms with Crippen LogP contribution in [0, 0.1) is 0 Å². The van der Waals surface area contributed by atoms with Gasteiger partial charge in [0.05, 0.1) is 4.88 Å². The Kier molecular flexibility index (Phi) is 3.99. The number of rotatable bonds is 2. The van der Waals surface area contributed by atoms with Gasteiger partial charge >= 0.3 is 0 Å². The van der Waals surface area contributed by atoms with E-state index in [4.69, 9.17) is 0 Å². The Balaban J connectivity index is 1.75. The molecule has 2 aliphatic rings. The fraction of sp³-hybridized carbons (Fsp3) is 0.667. The van der Waals surface area contributed by atoms with Crippen LogP contribution in [0.15, 0.2) is 6.07 Å². The van der Waals surface area contributed by atoms with Crippen LogP contribution < -0.4 is 0 Å². The van der Waals surface area contributed by atoms with Gasteiger partial charge in [-0.2, -0.15) is 0 Å². The van der Waals surface area contributed by atoms with E-state index in [2.05, 4.69) is 22.0 Å². The van der Waals surface area contributed by atoms with Crippen LogP contribution in [-0.4, -0.2) is 28.7 Å². The number of amides is 1. The van der Waals surface area contributed by atoms with Crippen molar-refractivity contribution in [3.05, 3.63) is 21.4 Å². The summed E-state index contributed by atoms with van der Waals surface area (Å²) in [6.45, 7) is 0. The highest BCUT2D eigenvalue weighted by Gasteiger charge is 2.30. The summed E-state index contributed by atoms with van der Waals surface area (Å²) >= 11 is 5.47. The molecule has 0 radical (unpaired) electrons. The number of aryl methyl sites for hydroxylation is 2. The van der Waals surface area contributed by atoms with E-state index >= 15 is 0 Å². The molecule has 104 valence electrons. The smallest absolute Gasteiger partial charge is 0.263 e. The van der Waals surface area contributed by atoms with Gasteiger partial charge in [-0.15, -0.1) is 11.3 Å². The zero-order valence-electron chi connectivity index (χ0n) is 11.3. The van der Waals surface area contributed by atoms with E-state index in [1.54, 1.807) is 11.3 Å². The number of hydrogen-bond donors (Lipinski definition) is 0. The van der Waals surface area contributed by atoms with Crippen molar-refractivity contribution in [3.8, 4) is 0 Å². The monoisotopic (exact) mass is 341 g/mol. The maximum atomic E-state index is 12.6. The lowest BCUT2D eigenvalue weighted by atomic mass is 9.94. The summed E-state index contributed by atoms with van der Waals surface area (Å²) in [6, 6.07) is 2.50. The first-order chi connectivity index (χ1) is 9.16. The summed E-state index contributed by atoms with van der Waals surface area (Å²) < 4.78 is 0. The fourth-order valence-electron chi connectivity index (χ4n) is 3.26. The third kappa shape index (κ3) is 2.62. The number of fused-ring (bicyclic) bond motifs is 1. The molecule has 2 aliphatic carbocycles. The van der Waals surface area contributed by atoms with Crippen molar-refractivity contribution in [1.82, 2.24) is 4.90 Å². The van der Waals surface area contributed by atoms with Crippen LogP contribution in [0.3, 0.4) is 0 Å². The van der Waals surface area contributed by atoms with Gasteiger partial charge in [0.1, 0.15) is 0 Å². The van der Waals surface area contributed by atoms with Gasteiger partial charge in [0.25, 0.3) is 5.91 Å². The number of halogens is 1. The van der Waals surface area contributed by atoms with Crippen molar-refractivity contribution in [1.29, 1.82) is 0 Å². The van der Waals surface area contributed by atoms with Gasteiger partial charge in [-0.05, 0) is 43.7 Å². The number of nitrogens with zero attached hydrogens (tertiary/aromatic N) is 1. The number of alkyl halides is 1. The highest BCUT2D eigenvalue weighted by molar-refractivity contribution is 9.09. The van der Waals surface area contributed by atoms with Gasteiger partial charge in [0, 0.05) is 22.8 Å². The minimum Gasteiger partial charge on any atom is -0.337 e. The molecule has 3 rings (SSSR count). The third-order valence-corrected chi connectivity index (χ3v) is 6.72. The minimum absolute atomic E-state index is 0.218. The number of carbonyl (C=O) groups excluding carboxylic acids is 1. The first-order valence-electron chi connectivity index (χ1n) is 7.19. The molecule has 19 heavy (non-hydrogen) atoms. The highest BCUT2D eigenvalue weighted by Crippen LogP contribution is 2.33. The van der Waals surface area contributed by atoms with Crippen molar-refractivity contribution >= 4 is 33.2 Å². The van der Waals surface area contributed by atoms with Gasteiger partial charge in [-0.3, -0.25) is 4.79 Å². The lowest BCUT2D eigenvalue weighted by Gasteiger charge is -2.35. The summed E-state index contributed by atoms with van der Waals surface area (Å²) in [5.74, 6) is 0.218. The summed E-state index contributed by atoms with van der Waals surface area (Å²) in [4.78, 5) is 17.4. The van der Waals surface area contributed by atoms with Crippen LogP contribution in [0.1, 0.15) is 52.2 Å². The van der Waals surface area contributed by atoms with E-state index < -0.39 is 0 Å². The van der Waals surface area contributed by atoms with Gasteiger partial charge in [-0.1, -0.05) is 28.8 Å². The van der Waals surface area contributed by atoms with Crippen LogP contribution in [0.4, 0.5) is 0 Å². The molecule has 0 aromatic carbocycles. The first kappa shape index (κ1) is 13.6. The van der Waals surface area contributed by atoms with E-state index in [-0.39, 0.29) is 5.91 Å². The van der Waals surface area contributed by atoms with E-state index in [1.807, 2.05) is 11.9 Å². The molecular formula is C15H20BrNOS. The molecule has 2 unspecified atom stereocenters. The van der Waals surface area contributed by atoms with Crippen LogP contribution in [-0.2, 0) is 12.8 Å². The molecule has 4 heteroatoms. The summed E-state index contributed by atoms with van der Waals surface area (Å²) in [7, 11) is 1.97. The van der Waals surface area contributed by atoms with E-state index in [0.717, 1.165) is 17.7 Å². The van der Waals surface area contributed by atoms with Crippen molar-refractivity contribution in [3.63, 3.8) is 0 Å². The van der Waals surface area contributed by atoms with Crippen molar-refractivity contribution in [2.45, 2.75) is 55.8 Å². The molecule has 1 amide bonds. The van der Waals surface area contributed by atoms with E-state index in [0.29, 0.717) is 10.9 Å². The van der Waals surface area contributed by atoms with Crippen molar-refractivity contribution < 1.29 is 4.79 Å². The predicted octanol–water partition coefficient (Wildman–Crippen LogP) is 4.01. The van der Waals surface area contributed by atoms with Crippen molar-refractivity contribution in [2.75, 3.05) is 7.05 Å². The number of carbonyl (C=O) groups is 1. The molecule has 1 saturated carbocycles. The number of hydrogen-bond acceptors (Lipinski definition) is 2. The quantitative estimate of drug-likeness (QED) is 0.744. The van der Waals surface area contributed by atoms with Gasteiger partial charge < -0.3 is 4.90 Å². The zero-order chi connectivity index (χ0) is 13.4. The van der Waals surface area contributed by atoms with Crippen LogP contribution >= 0.6 is 27.3 Å². The van der Waals surface area contributed by atoms with Gasteiger partial charge in [0.2, 0.25) is 0 Å². The maximum Gasteiger partial charge on any atom is 0.263 e. The van der Waals surface area contributed by atoms with E-state index in [9.17, 15) is 4.79 Å². The lowest BCUT2D eigenvalue weighted by molar-refractivity contribution is 0.0709. The first-order valence-corrected chi connectivity index (χ1v) is 8.93. The zero-order valence-corrected chi connectivity index (χ0v) is 13.7. The van der Waals surface area contributed by atoms with Crippen LogP contribution in [0.5, 0.6) is 0 Å². The minimum atomic E-state index is 0.218. The van der Waals surface area contributed by atoms with Crippen LogP contribution in [0.2, 0.25) is 0 Å². The summed E-state index contributed by atoms with van der Waals surface area (Å²) in [5, 5.41) is 0. The SMILES string of the molecule is CN(C(=O)c1cc2c(s1)CCC2)C1CCCCC1Br. The number of thiophene rings is 1. The topological polar surface area (TPSA) is 20.3 Å². The highest BCUT2D eigenvalue weighted by atomic mass is 79.9. The average molecular weight is 342 g/mol. The molecule has 2 atom stereocenters. The summed E-state index contributed by atoms with van der Waals surface area (Å²) in [6.07, 6.45) is 8.42. The normalized spacial score (nSPS) is 26.2. The lowest BCUT2D eigenvalue weighted by Crippen LogP contribution is -2.43. The summed E-state index contributed by atoms with van der Waals surface area (Å²) in [5.41, 5.74) is 1.42. The molecule has 2 nitrogen and oxygen atoms in total. The Hall–Kier alpha value is -0.350. The van der Waals surface area contributed by atoms with Crippen LogP contribution in [0.25, 0.3) is 0 Å². The van der Waals surface area contributed by atoms with E-state index in [1.165, 1.54) is 42.5 Å². The standard InChI is InChI=1S/C15H20BrNOS/c1-17(12-7-3-2-6-11(12)16)15(18)14-9-10-5-4-8-13(10)19-14/h9,11-12H,2-8H2,1H3. The second kappa shape index (κ2) is 5.57. The van der Waals surface area contributed by atoms with Crippen molar-refractivity contribution in [2.24, 2.45) is 0 Å². The molecule has 1 heterocycles. The second-order valence-electron chi connectivity index (χ2n) is 5.70.